The number of thioether (sulfide) groups is 1. The summed E-state index contributed by atoms with van der Waals surface area (Å²) in [6.45, 7) is 0. The van der Waals surface area contributed by atoms with E-state index in [1.54, 1.807) is 36.4 Å². The van der Waals surface area contributed by atoms with Gasteiger partial charge in [0.15, 0.2) is 0 Å². The number of halogens is 1. The monoisotopic (exact) mass is 709 g/mol. The molecule has 1 unspecified atom stereocenters. The van der Waals surface area contributed by atoms with Crippen LogP contribution >= 0.6 is 34.4 Å². The Morgan fingerprint density at radius 3 is 1.98 bits per heavy atom. The zero-order chi connectivity index (χ0) is 30.7. The van der Waals surface area contributed by atoms with E-state index in [9.17, 15) is 14.4 Å². The molecular weight excluding hydrogens is 681 g/mol. The molecule has 0 radical (unpaired) electrons. The van der Waals surface area contributed by atoms with Gasteiger partial charge < -0.3 is 16.0 Å². The van der Waals surface area contributed by atoms with Gasteiger partial charge in [0.05, 0.1) is 0 Å². The summed E-state index contributed by atoms with van der Waals surface area (Å²) in [6.07, 6.45) is 1.63. The lowest BCUT2D eigenvalue weighted by Crippen LogP contribution is -2.30. The third-order valence-electron chi connectivity index (χ3n) is 6.44. The van der Waals surface area contributed by atoms with Crippen LogP contribution in [0.5, 0.6) is 0 Å². The Kier molecular flexibility index (Phi) is 10.6. The van der Waals surface area contributed by atoms with Crippen molar-refractivity contribution in [3.8, 4) is 0 Å². The highest BCUT2D eigenvalue weighted by Gasteiger charge is 2.23. The smallest absolute Gasteiger partial charge is 0.272 e. The highest BCUT2D eigenvalue weighted by molar-refractivity contribution is 14.1. The average molecular weight is 710 g/mol. The standard InChI is InChI=1S/C36H28IN3O3S/c37-28-19-21-29(22-20-28)38-36(43)33(26-13-6-2-7-14-26)44-31-18-10-17-30(24-31)39-35(42)32(23-25-11-4-1-5-12-25)40-34(41)27-15-8-3-9-16-27/h1-24,33H,(H,38,43)(H,39,42)(H,40,41)/b32-23-. The van der Waals surface area contributed by atoms with Crippen molar-refractivity contribution in [3.63, 3.8) is 0 Å². The number of carbonyl (C=O) groups excluding carboxylic acids is 3. The Morgan fingerprint density at radius 2 is 1.30 bits per heavy atom. The van der Waals surface area contributed by atoms with Crippen LogP contribution in [0.25, 0.3) is 6.08 Å². The maximum absolute atomic E-state index is 13.5. The van der Waals surface area contributed by atoms with E-state index in [1.807, 2.05) is 109 Å². The third-order valence-corrected chi connectivity index (χ3v) is 8.40. The van der Waals surface area contributed by atoms with Crippen molar-refractivity contribution in [2.75, 3.05) is 10.6 Å². The van der Waals surface area contributed by atoms with E-state index in [4.69, 9.17) is 0 Å². The van der Waals surface area contributed by atoms with Crippen LogP contribution in [-0.2, 0) is 9.59 Å². The molecule has 0 aliphatic rings. The topological polar surface area (TPSA) is 87.3 Å². The van der Waals surface area contributed by atoms with E-state index in [1.165, 1.54) is 11.8 Å². The van der Waals surface area contributed by atoms with E-state index in [0.717, 1.165) is 19.6 Å². The molecule has 0 aliphatic heterocycles. The molecule has 0 spiro atoms. The molecule has 6 nitrogen and oxygen atoms in total. The van der Waals surface area contributed by atoms with Crippen molar-refractivity contribution in [2.45, 2.75) is 10.1 Å². The minimum Gasteiger partial charge on any atom is -0.325 e. The minimum absolute atomic E-state index is 0.0992. The van der Waals surface area contributed by atoms with Crippen LogP contribution < -0.4 is 16.0 Å². The van der Waals surface area contributed by atoms with Gasteiger partial charge in [0.1, 0.15) is 10.9 Å². The van der Waals surface area contributed by atoms with Gasteiger partial charge in [-0.1, -0.05) is 84.9 Å². The third kappa shape index (κ3) is 8.68. The van der Waals surface area contributed by atoms with Crippen molar-refractivity contribution in [2.24, 2.45) is 0 Å². The zero-order valence-corrected chi connectivity index (χ0v) is 26.4. The van der Waals surface area contributed by atoms with E-state index in [-0.39, 0.29) is 11.6 Å². The van der Waals surface area contributed by atoms with E-state index in [2.05, 4.69) is 38.5 Å². The molecule has 5 aromatic rings. The molecule has 0 fully saturated rings. The van der Waals surface area contributed by atoms with Gasteiger partial charge >= 0.3 is 0 Å². The normalized spacial score (nSPS) is 11.7. The summed E-state index contributed by atoms with van der Waals surface area (Å²) in [7, 11) is 0. The van der Waals surface area contributed by atoms with Crippen LogP contribution in [0.4, 0.5) is 11.4 Å². The Morgan fingerprint density at radius 1 is 0.659 bits per heavy atom. The number of anilines is 2. The second-order valence-electron chi connectivity index (χ2n) is 9.68. The molecule has 0 saturated carbocycles. The van der Waals surface area contributed by atoms with Gasteiger partial charge in [-0.05, 0) is 94.4 Å². The molecule has 5 aromatic carbocycles. The van der Waals surface area contributed by atoms with Gasteiger partial charge in [-0.15, -0.1) is 11.8 Å². The number of hydrogen-bond acceptors (Lipinski definition) is 4. The molecule has 0 bridgehead atoms. The molecule has 0 aromatic heterocycles. The molecule has 0 heterocycles. The fourth-order valence-corrected chi connectivity index (χ4v) is 5.72. The lowest BCUT2D eigenvalue weighted by Gasteiger charge is -2.18. The van der Waals surface area contributed by atoms with Crippen molar-refractivity contribution >= 4 is 69.5 Å². The molecule has 5 rings (SSSR count). The molecule has 8 heteroatoms. The average Bonchev–Trinajstić information content (AvgIpc) is 3.06. The Bertz CT molecular complexity index is 1760. The number of benzene rings is 5. The number of hydrogen-bond donors (Lipinski definition) is 3. The molecule has 3 N–H and O–H groups in total. The first-order valence-electron chi connectivity index (χ1n) is 13.8. The van der Waals surface area contributed by atoms with Crippen molar-refractivity contribution in [1.29, 1.82) is 0 Å². The first kappa shape index (κ1) is 30.8. The highest BCUT2D eigenvalue weighted by atomic mass is 127. The summed E-state index contributed by atoms with van der Waals surface area (Å²) < 4.78 is 1.08. The van der Waals surface area contributed by atoms with Crippen LogP contribution in [0.3, 0.4) is 0 Å². The summed E-state index contributed by atoms with van der Waals surface area (Å²) in [5, 5.41) is 8.16. The summed E-state index contributed by atoms with van der Waals surface area (Å²) >= 11 is 3.61. The maximum Gasteiger partial charge on any atom is 0.272 e. The summed E-state index contributed by atoms with van der Waals surface area (Å²) in [5.74, 6) is -1.03. The van der Waals surface area contributed by atoms with Crippen molar-refractivity contribution in [1.82, 2.24) is 5.32 Å². The summed E-state index contributed by atoms with van der Waals surface area (Å²) in [5.41, 5.74) is 3.40. The number of carbonyl (C=O) groups is 3. The number of amides is 3. The second-order valence-corrected chi connectivity index (χ2v) is 12.1. The second kappa shape index (κ2) is 15.2. The van der Waals surface area contributed by atoms with Crippen molar-refractivity contribution in [3.05, 3.63) is 165 Å². The Labute approximate surface area is 274 Å². The molecular formula is C36H28IN3O3S. The zero-order valence-electron chi connectivity index (χ0n) is 23.4. The quantitative estimate of drug-likeness (QED) is 0.0776. The lowest BCUT2D eigenvalue weighted by molar-refractivity contribution is -0.116. The SMILES string of the molecule is O=C(Nc1cccc(SC(C(=O)Nc2ccc(I)cc2)c2ccccc2)c1)/C(=C/c1ccccc1)NC(=O)c1ccccc1. The predicted molar refractivity (Wildman–Crippen MR) is 186 cm³/mol. The lowest BCUT2D eigenvalue weighted by atomic mass is 10.1. The highest BCUT2D eigenvalue weighted by Crippen LogP contribution is 2.37. The summed E-state index contributed by atoms with van der Waals surface area (Å²) in [4.78, 5) is 40.7. The summed E-state index contributed by atoms with van der Waals surface area (Å²) in [6, 6.07) is 42.5. The van der Waals surface area contributed by atoms with Gasteiger partial charge in [0.2, 0.25) is 5.91 Å². The predicted octanol–water partition coefficient (Wildman–Crippen LogP) is 8.17. The molecule has 1 atom stereocenters. The fraction of sp³-hybridized carbons (Fsp3) is 0.0278. The van der Waals surface area contributed by atoms with Crippen LogP contribution in [0, 0.1) is 3.57 Å². The van der Waals surface area contributed by atoms with Crippen LogP contribution in [0.2, 0.25) is 0 Å². The molecule has 44 heavy (non-hydrogen) atoms. The van der Waals surface area contributed by atoms with Crippen LogP contribution in [0.15, 0.2) is 150 Å². The van der Waals surface area contributed by atoms with Gasteiger partial charge in [0.25, 0.3) is 11.8 Å². The van der Waals surface area contributed by atoms with Crippen LogP contribution in [0.1, 0.15) is 26.7 Å². The first-order chi connectivity index (χ1) is 21.4. The van der Waals surface area contributed by atoms with Gasteiger partial charge in [0, 0.05) is 25.4 Å². The molecule has 218 valence electrons. The van der Waals surface area contributed by atoms with E-state index >= 15 is 0 Å². The van der Waals surface area contributed by atoms with Crippen molar-refractivity contribution < 1.29 is 14.4 Å². The number of rotatable bonds is 10. The molecule has 0 aliphatic carbocycles. The van der Waals surface area contributed by atoms with Gasteiger partial charge in [-0.3, -0.25) is 14.4 Å². The van der Waals surface area contributed by atoms with Crippen LogP contribution in [-0.4, -0.2) is 17.7 Å². The fourth-order valence-electron chi connectivity index (χ4n) is 4.28. The first-order valence-corrected chi connectivity index (χ1v) is 15.7. The molecule has 3 amide bonds. The van der Waals surface area contributed by atoms with Gasteiger partial charge in [-0.2, -0.15) is 0 Å². The maximum atomic E-state index is 13.5. The number of nitrogens with one attached hydrogen (secondary N) is 3. The largest absolute Gasteiger partial charge is 0.325 e. The van der Waals surface area contributed by atoms with Gasteiger partial charge in [-0.25, -0.2) is 0 Å². The Hall–Kier alpha value is -4.67. The van der Waals surface area contributed by atoms with E-state index in [0.29, 0.717) is 16.9 Å². The Balaban J connectivity index is 1.36. The van der Waals surface area contributed by atoms with E-state index < -0.39 is 17.1 Å². The minimum atomic E-state index is -0.542. The molecule has 0 saturated heterocycles.